The number of hydrogen-bond acceptors (Lipinski definition) is 3. The highest BCUT2D eigenvalue weighted by Gasteiger charge is 1.94. The molecule has 0 rings (SSSR count). The molecule has 0 bridgehead atoms. The lowest BCUT2D eigenvalue weighted by atomic mass is 10.5. The molecule has 0 N–H and O–H groups in total. The van der Waals surface area contributed by atoms with E-state index in [0.29, 0.717) is 0 Å². The van der Waals surface area contributed by atoms with Gasteiger partial charge in [0.15, 0.2) is 0 Å². The molecule has 0 aliphatic carbocycles. The standard InChI is InChI=1S/C3H2N2O2/c4-2-1-3(6)5-7/h1H2. The fourth-order valence-electron chi connectivity index (χ4n) is 0.0999. The molecule has 0 aliphatic rings. The zero-order valence-corrected chi connectivity index (χ0v) is 3.42. The summed E-state index contributed by atoms with van der Waals surface area (Å²) in [5, 5.41) is 9.66. The highest BCUT2D eigenvalue weighted by atomic mass is 16.3. The van der Waals surface area contributed by atoms with Crippen molar-refractivity contribution in [2.45, 2.75) is 6.42 Å². The molecule has 0 aromatic heterocycles. The zero-order chi connectivity index (χ0) is 5.70. The van der Waals surface area contributed by atoms with Gasteiger partial charge in [-0.3, -0.25) is 4.79 Å². The average molecular weight is 98.1 g/mol. The number of hydrogen-bond donors (Lipinski definition) is 0. The largest absolute Gasteiger partial charge is 0.300 e. The van der Waals surface area contributed by atoms with Crippen molar-refractivity contribution in [2.24, 2.45) is 5.18 Å². The molecule has 1 amide bonds. The van der Waals surface area contributed by atoms with E-state index in [1.165, 1.54) is 6.07 Å². The van der Waals surface area contributed by atoms with Crippen molar-refractivity contribution in [3.8, 4) is 6.07 Å². The van der Waals surface area contributed by atoms with E-state index in [-0.39, 0.29) is 0 Å². The molecule has 0 aliphatic heterocycles. The van der Waals surface area contributed by atoms with Crippen molar-refractivity contribution in [1.82, 2.24) is 0 Å². The van der Waals surface area contributed by atoms with Gasteiger partial charge in [0, 0.05) is 5.18 Å². The summed E-state index contributed by atoms with van der Waals surface area (Å²) in [6.45, 7) is 0. The minimum atomic E-state index is -0.914. The molecule has 0 aromatic carbocycles. The van der Waals surface area contributed by atoms with Gasteiger partial charge in [0.2, 0.25) is 0 Å². The third-order valence-electron chi connectivity index (χ3n) is 0.332. The van der Waals surface area contributed by atoms with Crippen LogP contribution in [-0.2, 0) is 4.79 Å². The summed E-state index contributed by atoms with van der Waals surface area (Å²) in [5.74, 6) is -0.914. The minimum absolute atomic E-state index is 0.413. The van der Waals surface area contributed by atoms with Crippen LogP contribution in [-0.4, -0.2) is 5.91 Å². The van der Waals surface area contributed by atoms with Crippen molar-refractivity contribution in [3.05, 3.63) is 4.91 Å². The van der Waals surface area contributed by atoms with Gasteiger partial charge in [-0.15, -0.1) is 4.91 Å². The molecule has 0 saturated carbocycles. The molecule has 0 unspecified atom stereocenters. The van der Waals surface area contributed by atoms with Crippen LogP contribution in [0.25, 0.3) is 0 Å². The molecule has 0 saturated heterocycles. The average Bonchev–Trinajstić information content (AvgIpc) is 1.68. The smallest absolute Gasteiger partial charge is 0.268 e. The van der Waals surface area contributed by atoms with E-state index in [2.05, 4.69) is 0 Å². The predicted molar refractivity (Wildman–Crippen MR) is 21.0 cm³/mol. The quantitative estimate of drug-likeness (QED) is 0.439. The third kappa shape index (κ3) is 2.56. The number of amides is 1. The van der Waals surface area contributed by atoms with Crippen molar-refractivity contribution >= 4 is 5.91 Å². The molecule has 0 radical (unpaired) electrons. The van der Waals surface area contributed by atoms with Crippen LogP contribution in [0.1, 0.15) is 6.42 Å². The summed E-state index contributed by atoms with van der Waals surface area (Å²) in [6.07, 6.45) is -0.413. The first-order valence-electron chi connectivity index (χ1n) is 1.54. The molecule has 4 nitrogen and oxygen atoms in total. The van der Waals surface area contributed by atoms with Gasteiger partial charge >= 0.3 is 0 Å². The summed E-state index contributed by atoms with van der Waals surface area (Å²) < 4.78 is 0. The van der Waals surface area contributed by atoms with E-state index in [9.17, 15) is 4.79 Å². The van der Waals surface area contributed by atoms with Crippen molar-refractivity contribution < 1.29 is 4.79 Å². The molecule has 0 aromatic rings. The Hall–Kier alpha value is -1.24. The van der Waals surface area contributed by atoms with Gasteiger partial charge < -0.3 is 0 Å². The Morgan fingerprint density at radius 1 is 1.86 bits per heavy atom. The Bertz CT molecular complexity index is 123. The summed E-state index contributed by atoms with van der Waals surface area (Å²) in [4.78, 5) is 18.9. The van der Waals surface area contributed by atoms with Crippen LogP contribution in [0.2, 0.25) is 0 Å². The highest BCUT2D eigenvalue weighted by molar-refractivity contribution is 5.78. The number of nitrogens with zero attached hydrogens (tertiary/aromatic N) is 2. The van der Waals surface area contributed by atoms with Crippen molar-refractivity contribution in [1.29, 1.82) is 5.26 Å². The molecular formula is C3H2N2O2. The van der Waals surface area contributed by atoms with Crippen LogP contribution >= 0.6 is 0 Å². The second-order valence-corrected chi connectivity index (χ2v) is 0.820. The van der Waals surface area contributed by atoms with Gasteiger partial charge in [0.05, 0.1) is 6.07 Å². The third-order valence-corrected chi connectivity index (χ3v) is 0.332. The van der Waals surface area contributed by atoms with Crippen LogP contribution < -0.4 is 0 Å². The Morgan fingerprint density at radius 3 is 2.57 bits per heavy atom. The molecular weight excluding hydrogens is 96.0 g/mol. The molecule has 0 spiro atoms. The number of carbonyl (C=O) groups is 1. The maximum absolute atomic E-state index is 9.71. The molecule has 4 heteroatoms. The van der Waals surface area contributed by atoms with Crippen LogP contribution in [0.4, 0.5) is 0 Å². The zero-order valence-electron chi connectivity index (χ0n) is 3.42. The van der Waals surface area contributed by atoms with Gasteiger partial charge in [-0.05, 0) is 0 Å². The van der Waals surface area contributed by atoms with Gasteiger partial charge in [0.1, 0.15) is 6.42 Å². The number of carbonyl (C=O) groups excluding carboxylic acids is 1. The van der Waals surface area contributed by atoms with E-state index in [0.717, 1.165) is 0 Å². The maximum Gasteiger partial charge on any atom is 0.300 e. The van der Waals surface area contributed by atoms with Crippen molar-refractivity contribution in [3.63, 3.8) is 0 Å². The van der Waals surface area contributed by atoms with Gasteiger partial charge in [-0.2, -0.15) is 5.26 Å². The number of nitroso groups, excluding NO2 is 1. The van der Waals surface area contributed by atoms with Gasteiger partial charge in [-0.25, -0.2) is 0 Å². The van der Waals surface area contributed by atoms with E-state index < -0.39 is 12.3 Å². The lowest BCUT2D eigenvalue weighted by molar-refractivity contribution is -0.117. The van der Waals surface area contributed by atoms with Crippen molar-refractivity contribution in [2.75, 3.05) is 0 Å². The van der Waals surface area contributed by atoms with Crippen LogP contribution in [0.3, 0.4) is 0 Å². The Morgan fingerprint density at radius 2 is 2.43 bits per heavy atom. The first kappa shape index (κ1) is 5.76. The van der Waals surface area contributed by atoms with Gasteiger partial charge in [-0.1, -0.05) is 0 Å². The highest BCUT2D eigenvalue weighted by Crippen LogP contribution is 1.77. The molecule has 7 heavy (non-hydrogen) atoms. The normalized spacial score (nSPS) is 6.71. The monoisotopic (exact) mass is 98.0 g/mol. The summed E-state index contributed by atoms with van der Waals surface area (Å²) >= 11 is 0. The lowest BCUT2D eigenvalue weighted by Gasteiger charge is -1.67. The van der Waals surface area contributed by atoms with E-state index in [4.69, 9.17) is 10.2 Å². The van der Waals surface area contributed by atoms with Crippen LogP contribution in [0.15, 0.2) is 5.18 Å². The maximum atomic E-state index is 9.71. The molecule has 0 atom stereocenters. The van der Waals surface area contributed by atoms with Crippen LogP contribution in [0, 0.1) is 16.2 Å². The summed E-state index contributed by atoms with van der Waals surface area (Å²) in [7, 11) is 0. The number of rotatable bonds is 1. The first-order chi connectivity index (χ1) is 3.31. The fraction of sp³-hybridized carbons (Fsp3) is 0.333. The van der Waals surface area contributed by atoms with Gasteiger partial charge in [0.25, 0.3) is 5.91 Å². The Balaban J connectivity index is 3.42. The summed E-state index contributed by atoms with van der Waals surface area (Å²) in [5.41, 5.74) is 0. The first-order valence-corrected chi connectivity index (χ1v) is 1.54. The van der Waals surface area contributed by atoms with Crippen LogP contribution in [0.5, 0.6) is 0 Å². The SMILES string of the molecule is N#CCC(=O)N=O. The second kappa shape index (κ2) is 2.97. The minimum Gasteiger partial charge on any atom is -0.268 e. The van der Waals surface area contributed by atoms with E-state index in [1.54, 1.807) is 0 Å². The molecule has 36 valence electrons. The summed E-state index contributed by atoms with van der Waals surface area (Å²) in [6, 6.07) is 1.48. The topological polar surface area (TPSA) is 70.3 Å². The van der Waals surface area contributed by atoms with E-state index in [1.807, 2.05) is 5.18 Å². The Labute approximate surface area is 39.7 Å². The number of nitriles is 1. The predicted octanol–water partition coefficient (Wildman–Crippen LogP) is 0.193. The molecule has 0 fully saturated rings. The Kier molecular flexibility index (Phi) is 2.44. The molecule has 0 heterocycles. The van der Waals surface area contributed by atoms with E-state index >= 15 is 0 Å². The second-order valence-electron chi connectivity index (χ2n) is 0.820. The lowest BCUT2D eigenvalue weighted by Crippen LogP contribution is -1.85. The fourth-order valence-corrected chi connectivity index (χ4v) is 0.0999.